The average molecular weight is 441 g/mol. The Kier molecular flexibility index (Phi) is 4.81. The van der Waals surface area contributed by atoms with Gasteiger partial charge in [0.05, 0.1) is 0 Å². The van der Waals surface area contributed by atoms with Crippen molar-refractivity contribution in [2.75, 3.05) is 0 Å². The minimum absolute atomic E-state index is 0.103. The number of furan rings is 1. The van der Waals surface area contributed by atoms with Crippen molar-refractivity contribution >= 4 is 33.6 Å². The maximum Gasteiger partial charge on any atom is 0.136 e. The smallest absolute Gasteiger partial charge is 0.136 e. The monoisotopic (exact) mass is 440 g/mol. The fourth-order valence-corrected chi connectivity index (χ4v) is 5.66. The maximum atomic E-state index is 6.30. The van der Waals surface area contributed by atoms with Crippen LogP contribution in [0.4, 0.5) is 0 Å². The van der Waals surface area contributed by atoms with Crippen LogP contribution in [0, 0.1) is 0 Å². The van der Waals surface area contributed by atoms with E-state index in [4.69, 9.17) is 4.42 Å². The van der Waals surface area contributed by atoms with Gasteiger partial charge >= 0.3 is 0 Å². The van der Waals surface area contributed by atoms with E-state index in [-0.39, 0.29) is 5.41 Å². The summed E-state index contributed by atoms with van der Waals surface area (Å²) in [7, 11) is 0. The molecule has 6 rings (SSSR count). The molecule has 0 N–H and O–H groups in total. The normalized spacial score (nSPS) is 21.1. The number of hydrogen-bond acceptors (Lipinski definition) is 1. The molecule has 0 amide bonds. The number of para-hydroxylation sites is 1. The lowest BCUT2D eigenvalue weighted by Crippen LogP contribution is -2.15. The van der Waals surface area contributed by atoms with E-state index in [1.54, 1.807) is 0 Å². The fraction of sp³-hybridized carbons (Fsp3) is 0.152. The van der Waals surface area contributed by atoms with Gasteiger partial charge < -0.3 is 4.42 Å². The van der Waals surface area contributed by atoms with Gasteiger partial charge in [-0.2, -0.15) is 0 Å². The molecule has 1 aromatic heterocycles. The number of fused-ring (bicyclic) bond motifs is 4. The fourth-order valence-electron chi connectivity index (χ4n) is 5.66. The molecular weight excluding hydrogens is 412 g/mol. The largest absolute Gasteiger partial charge is 0.456 e. The maximum absolute atomic E-state index is 6.30. The summed E-state index contributed by atoms with van der Waals surface area (Å²) in [4.78, 5) is 0. The molecule has 1 atom stereocenters. The van der Waals surface area contributed by atoms with E-state index >= 15 is 0 Å². The lowest BCUT2D eigenvalue weighted by Gasteiger charge is -2.23. The van der Waals surface area contributed by atoms with Crippen molar-refractivity contribution in [2.24, 2.45) is 0 Å². The third-order valence-corrected chi connectivity index (χ3v) is 7.40. The van der Waals surface area contributed by atoms with Crippen LogP contribution in [0.5, 0.6) is 0 Å². The van der Waals surface area contributed by atoms with E-state index in [0.717, 1.165) is 17.6 Å². The van der Waals surface area contributed by atoms with Gasteiger partial charge in [-0.15, -0.1) is 0 Å². The summed E-state index contributed by atoms with van der Waals surface area (Å²) < 4.78 is 6.30. The van der Waals surface area contributed by atoms with Crippen LogP contribution >= 0.6 is 0 Å². The summed E-state index contributed by atoms with van der Waals surface area (Å²) >= 11 is 0. The number of allylic oxidation sites excluding steroid dienone is 8. The Balaban J connectivity index is 1.62. The number of hydrogen-bond donors (Lipinski definition) is 0. The van der Waals surface area contributed by atoms with Crippen LogP contribution in [0.1, 0.15) is 48.4 Å². The highest BCUT2D eigenvalue weighted by atomic mass is 16.3. The first-order valence-corrected chi connectivity index (χ1v) is 12.0. The molecule has 0 bridgehead atoms. The lowest BCUT2D eigenvalue weighted by molar-refractivity contribution is 0.663. The van der Waals surface area contributed by atoms with E-state index in [1.165, 1.54) is 44.2 Å². The Morgan fingerprint density at radius 1 is 0.941 bits per heavy atom. The van der Waals surface area contributed by atoms with Crippen molar-refractivity contribution in [3.63, 3.8) is 0 Å². The van der Waals surface area contributed by atoms with Crippen molar-refractivity contribution in [3.05, 3.63) is 132 Å². The zero-order valence-electron chi connectivity index (χ0n) is 19.7. The van der Waals surface area contributed by atoms with Crippen LogP contribution in [-0.2, 0) is 5.41 Å². The Labute approximate surface area is 201 Å². The SMILES string of the molecule is C=C/C=C1\C(=C/c2cc3oc4ccccc4c3cc2C2C=CC=CC2)C(C)(C)c2ccccc21. The molecule has 0 saturated heterocycles. The Morgan fingerprint density at radius 3 is 2.59 bits per heavy atom. The van der Waals surface area contributed by atoms with Gasteiger partial charge in [0.2, 0.25) is 0 Å². The molecule has 2 aliphatic rings. The summed E-state index contributed by atoms with van der Waals surface area (Å²) in [5, 5.41) is 2.36. The summed E-state index contributed by atoms with van der Waals surface area (Å²) in [5.74, 6) is 0.341. The average Bonchev–Trinajstić information content (AvgIpc) is 3.32. The second-order valence-electron chi connectivity index (χ2n) is 9.78. The molecule has 0 radical (unpaired) electrons. The van der Waals surface area contributed by atoms with Crippen LogP contribution in [0.3, 0.4) is 0 Å². The van der Waals surface area contributed by atoms with E-state index in [0.29, 0.717) is 5.92 Å². The van der Waals surface area contributed by atoms with E-state index in [9.17, 15) is 0 Å². The van der Waals surface area contributed by atoms with Gasteiger partial charge in [0, 0.05) is 22.1 Å². The zero-order chi connectivity index (χ0) is 23.3. The summed E-state index contributed by atoms with van der Waals surface area (Å²) in [6.45, 7) is 8.65. The topological polar surface area (TPSA) is 13.1 Å². The molecule has 4 aromatic rings. The predicted molar refractivity (Wildman–Crippen MR) is 145 cm³/mol. The van der Waals surface area contributed by atoms with Gasteiger partial charge in [0.25, 0.3) is 0 Å². The van der Waals surface area contributed by atoms with Gasteiger partial charge in [-0.05, 0) is 64.1 Å². The molecule has 0 saturated carbocycles. The highest BCUT2D eigenvalue weighted by Crippen LogP contribution is 2.51. The molecule has 1 unspecified atom stereocenters. The molecule has 166 valence electrons. The summed E-state index contributed by atoms with van der Waals surface area (Å²) in [6, 6.07) is 21.7. The van der Waals surface area contributed by atoms with Crippen LogP contribution in [0.2, 0.25) is 0 Å². The second kappa shape index (κ2) is 7.88. The molecule has 0 fully saturated rings. The third-order valence-electron chi connectivity index (χ3n) is 7.40. The highest BCUT2D eigenvalue weighted by molar-refractivity contribution is 6.06. The quantitative estimate of drug-likeness (QED) is 0.309. The van der Waals surface area contributed by atoms with Gasteiger partial charge in [-0.25, -0.2) is 0 Å². The molecular formula is C33H28O. The van der Waals surface area contributed by atoms with Crippen molar-refractivity contribution in [3.8, 4) is 0 Å². The van der Waals surface area contributed by atoms with Crippen LogP contribution in [-0.4, -0.2) is 0 Å². The molecule has 1 heteroatoms. The molecule has 1 heterocycles. The predicted octanol–water partition coefficient (Wildman–Crippen LogP) is 9.13. The van der Waals surface area contributed by atoms with Crippen LogP contribution in [0.25, 0.3) is 33.6 Å². The van der Waals surface area contributed by atoms with Gasteiger partial charge in [0.15, 0.2) is 0 Å². The third kappa shape index (κ3) is 3.15. The lowest BCUT2D eigenvalue weighted by atomic mass is 9.80. The molecule has 0 aliphatic heterocycles. The number of benzene rings is 3. The van der Waals surface area contributed by atoms with E-state index < -0.39 is 0 Å². The van der Waals surface area contributed by atoms with Crippen molar-refractivity contribution in [1.29, 1.82) is 0 Å². The zero-order valence-corrected chi connectivity index (χ0v) is 19.7. The molecule has 3 aromatic carbocycles. The Hall–Kier alpha value is -3.84. The summed E-state index contributed by atoms with van der Waals surface area (Å²) in [5.41, 5.74) is 9.58. The summed E-state index contributed by atoms with van der Waals surface area (Å²) in [6.07, 6.45) is 16.3. The van der Waals surface area contributed by atoms with Gasteiger partial charge in [0.1, 0.15) is 11.2 Å². The van der Waals surface area contributed by atoms with Gasteiger partial charge in [-0.1, -0.05) is 99.3 Å². The highest BCUT2D eigenvalue weighted by Gasteiger charge is 2.37. The molecule has 2 aliphatic carbocycles. The first-order valence-electron chi connectivity index (χ1n) is 12.0. The molecule has 1 nitrogen and oxygen atoms in total. The van der Waals surface area contributed by atoms with Crippen molar-refractivity contribution in [1.82, 2.24) is 0 Å². The Bertz CT molecular complexity index is 1560. The number of rotatable bonds is 3. The standard InChI is InChI=1S/C33H28O/c1-4-12-24-25-15-8-10-17-29(25)33(2,3)30(24)19-23-20-32-28(26-16-9-11-18-31(26)34-32)21-27(23)22-13-6-5-7-14-22/h4-13,15-22H,1,14H2,2-3H3/b24-12-,30-19+. The first-order chi connectivity index (χ1) is 16.6. The first kappa shape index (κ1) is 20.7. The van der Waals surface area contributed by atoms with E-state index in [2.05, 4.69) is 111 Å². The molecule has 0 spiro atoms. The van der Waals surface area contributed by atoms with E-state index in [1.807, 2.05) is 12.1 Å². The van der Waals surface area contributed by atoms with Gasteiger partial charge in [-0.3, -0.25) is 0 Å². The second-order valence-corrected chi connectivity index (χ2v) is 9.78. The molecule has 34 heavy (non-hydrogen) atoms. The Morgan fingerprint density at radius 2 is 1.76 bits per heavy atom. The van der Waals surface area contributed by atoms with Crippen LogP contribution in [0.15, 0.2) is 114 Å². The minimum Gasteiger partial charge on any atom is -0.456 e. The van der Waals surface area contributed by atoms with Crippen molar-refractivity contribution < 1.29 is 4.42 Å². The van der Waals surface area contributed by atoms with Crippen LogP contribution < -0.4 is 0 Å². The minimum atomic E-state index is -0.103. The van der Waals surface area contributed by atoms with Crippen molar-refractivity contribution in [2.45, 2.75) is 31.6 Å².